The van der Waals surface area contributed by atoms with Crippen molar-refractivity contribution in [1.82, 2.24) is 10.1 Å². The zero-order valence-corrected chi connectivity index (χ0v) is 7.78. The van der Waals surface area contributed by atoms with Gasteiger partial charge in [-0.2, -0.15) is 0 Å². The highest BCUT2D eigenvalue weighted by Crippen LogP contribution is 2.10. The maximum absolute atomic E-state index is 11.3. The van der Waals surface area contributed by atoms with E-state index in [0.29, 0.717) is 21.0 Å². The van der Waals surface area contributed by atoms with Crippen molar-refractivity contribution < 1.29 is 4.85 Å². The van der Waals surface area contributed by atoms with Gasteiger partial charge in [0.1, 0.15) is 5.52 Å². The summed E-state index contributed by atoms with van der Waals surface area (Å²) in [6.07, 6.45) is 1.84. The molecule has 0 spiro atoms. The summed E-state index contributed by atoms with van der Waals surface area (Å²) in [5.41, 5.74) is 1.18. The van der Waals surface area contributed by atoms with Crippen molar-refractivity contribution >= 4 is 22.8 Å². The van der Waals surface area contributed by atoms with Crippen molar-refractivity contribution in [3.63, 3.8) is 0 Å². The van der Waals surface area contributed by atoms with E-state index in [9.17, 15) is 5.21 Å². The van der Waals surface area contributed by atoms with Gasteiger partial charge in [0.15, 0.2) is 0 Å². The fourth-order valence-corrected chi connectivity index (χ4v) is 1.41. The monoisotopic (exact) mass is 193 g/mol. The zero-order valence-electron chi connectivity index (χ0n) is 6.97. The van der Waals surface area contributed by atoms with Gasteiger partial charge in [-0.15, -0.1) is 0 Å². The molecule has 0 aliphatic rings. The van der Waals surface area contributed by atoms with Gasteiger partial charge in [0.2, 0.25) is 0 Å². The molecule has 0 N–H and O–H groups in total. The first-order valence-electron chi connectivity index (χ1n) is 3.72. The fraction of sp³-hybridized carbons (Fsp3) is 0.125. The summed E-state index contributed by atoms with van der Waals surface area (Å²) in [4.78, 5) is 4.79. The van der Waals surface area contributed by atoms with Crippen LogP contribution in [0.2, 0.25) is 0 Å². The van der Waals surface area contributed by atoms with Crippen LogP contribution in [0, 0.1) is 5.21 Å². The molecule has 1 aromatic heterocycles. The molecule has 0 saturated heterocycles. The highest BCUT2D eigenvalue weighted by Gasteiger charge is 2.07. The average Bonchev–Trinajstić information content (AvgIpc) is 2.18. The van der Waals surface area contributed by atoms with Gasteiger partial charge in [-0.3, -0.25) is 0 Å². The third-order valence-electron chi connectivity index (χ3n) is 1.66. The van der Waals surface area contributed by atoms with Crippen LogP contribution in [0.25, 0.3) is 11.0 Å². The van der Waals surface area contributed by atoms with Gasteiger partial charge >= 0.3 is 0 Å². The number of hydrogen-bond acceptors (Lipinski definition) is 4. The lowest BCUT2D eigenvalue weighted by atomic mass is 10.3. The lowest BCUT2D eigenvalue weighted by Crippen LogP contribution is -2.32. The summed E-state index contributed by atoms with van der Waals surface area (Å²) in [5, 5.41) is 15.5. The minimum absolute atomic E-state index is 0.494. The van der Waals surface area contributed by atoms with E-state index in [2.05, 4.69) is 10.1 Å². The Kier molecular flexibility index (Phi) is 2.02. The predicted octanol–water partition coefficient (Wildman–Crippen LogP) is 0.985. The van der Waals surface area contributed by atoms with Gasteiger partial charge in [-0.1, -0.05) is 23.9 Å². The van der Waals surface area contributed by atoms with E-state index < -0.39 is 0 Å². The third-order valence-corrected chi connectivity index (χ3v) is 2.20. The van der Waals surface area contributed by atoms with E-state index in [-0.39, 0.29) is 0 Å². The van der Waals surface area contributed by atoms with Gasteiger partial charge in [-0.25, -0.2) is 4.98 Å². The molecule has 1 aromatic carbocycles. The van der Waals surface area contributed by atoms with Crippen LogP contribution < -0.4 is 4.85 Å². The van der Waals surface area contributed by atoms with Gasteiger partial charge in [0, 0.05) is 11.2 Å². The van der Waals surface area contributed by atoms with Crippen LogP contribution in [0.4, 0.5) is 0 Å². The Morgan fingerprint density at radius 3 is 2.92 bits per heavy atom. The Bertz CT molecular complexity index is 446. The first-order chi connectivity index (χ1) is 6.31. The van der Waals surface area contributed by atoms with Gasteiger partial charge in [-0.05, 0) is 17.2 Å². The van der Waals surface area contributed by atoms with E-state index in [0.717, 1.165) is 0 Å². The number of nitrogens with zero attached hydrogens (tertiary/aromatic N) is 3. The average molecular weight is 193 g/mol. The summed E-state index contributed by atoms with van der Waals surface area (Å²) < 4.78 is 0. The molecule has 4 nitrogen and oxygen atoms in total. The second-order valence-electron chi connectivity index (χ2n) is 2.46. The summed E-state index contributed by atoms with van der Waals surface area (Å²) >= 11 is 1.35. The third kappa shape index (κ3) is 1.42. The standard InChI is InChI=1S/C8H7N3OS/c1-13-8-9-6-4-2-3-5-7(6)11(12)10-8/h2-5H,1H3. The summed E-state index contributed by atoms with van der Waals surface area (Å²) in [5.74, 6) is 0. The Hall–Kier alpha value is -1.36. The van der Waals surface area contributed by atoms with Crippen molar-refractivity contribution in [2.24, 2.45) is 0 Å². The van der Waals surface area contributed by atoms with Crippen molar-refractivity contribution in [3.8, 4) is 0 Å². The summed E-state index contributed by atoms with van der Waals surface area (Å²) in [6.45, 7) is 0. The molecule has 0 fully saturated rings. The van der Waals surface area contributed by atoms with Gasteiger partial charge in [0.05, 0.1) is 0 Å². The van der Waals surface area contributed by atoms with Crippen LogP contribution in [0.15, 0.2) is 29.4 Å². The summed E-state index contributed by atoms with van der Waals surface area (Å²) in [6, 6.07) is 7.13. The Balaban J connectivity index is 2.77. The smallest absolute Gasteiger partial charge is 0.270 e. The molecule has 5 heteroatoms. The van der Waals surface area contributed by atoms with E-state index in [1.54, 1.807) is 18.2 Å². The second-order valence-corrected chi connectivity index (χ2v) is 3.23. The first-order valence-corrected chi connectivity index (χ1v) is 4.94. The molecular formula is C8H7N3OS. The first kappa shape index (κ1) is 8.25. The number of hydrogen-bond donors (Lipinski definition) is 0. The molecule has 2 aromatic rings. The SMILES string of the molecule is CSc1nc2ccccc2[n+]([O-])n1. The lowest BCUT2D eigenvalue weighted by molar-refractivity contribution is -0.647. The van der Waals surface area contributed by atoms with E-state index in [1.165, 1.54) is 11.8 Å². The molecule has 1 heterocycles. The van der Waals surface area contributed by atoms with Crippen molar-refractivity contribution in [3.05, 3.63) is 29.5 Å². The number of rotatable bonds is 1. The number of thioether (sulfide) groups is 1. The number of fused-ring (bicyclic) bond motifs is 1. The molecule has 0 radical (unpaired) electrons. The summed E-state index contributed by atoms with van der Waals surface area (Å²) in [7, 11) is 0. The van der Waals surface area contributed by atoms with Crippen LogP contribution in [0.5, 0.6) is 0 Å². The second kappa shape index (κ2) is 3.18. The van der Waals surface area contributed by atoms with E-state index >= 15 is 0 Å². The highest BCUT2D eigenvalue weighted by molar-refractivity contribution is 7.98. The van der Waals surface area contributed by atoms with Gasteiger partial charge < -0.3 is 5.21 Å². The maximum Gasteiger partial charge on any atom is 0.270 e. The van der Waals surface area contributed by atoms with Crippen LogP contribution in [0.1, 0.15) is 0 Å². The van der Waals surface area contributed by atoms with E-state index in [1.807, 2.05) is 12.3 Å². The molecule has 0 atom stereocenters. The molecule has 2 rings (SSSR count). The normalized spacial score (nSPS) is 10.5. The highest BCUT2D eigenvalue weighted by atomic mass is 32.2. The van der Waals surface area contributed by atoms with Crippen LogP contribution in [-0.2, 0) is 0 Å². The molecule has 0 aliphatic heterocycles. The fourth-order valence-electron chi connectivity index (χ4n) is 1.06. The largest absolute Gasteiger partial charge is 0.594 e. The molecule has 0 saturated carbocycles. The molecule has 13 heavy (non-hydrogen) atoms. The van der Waals surface area contributed by atoms with E-state index in [4.69, 9.17) is 0 Å². The Morgan fingerprint density at radius 2 is 2.15 bits per heavy atom. The molecule has 0 aliphatic carbocycles. The van der Waals surface area contributed by atoms with Crippen LogP contribution >= 0.6 is 11.8 Å². The Labute approximate surface area is 79.2 Å². The maximum atomic E-state index is 11.3. The van der Waals surface area contributed by atoms with Crippen molar-refractivity contribution in [1.29, 1.82) is 0 Å². The number of benzene rings is 1. The Morgan fingerprint density at radius 1 is 1.38 bits per heavy atom. The molecule has 66 valence electrons. The van der Waals surface area contributed by atoms with Gasteiger partial charge in [0.25, 0.3) is 10.7 Å². The van der Waals surface area contributed by atoms with Crippen molar-refractivity contribution in [2.75, 3.05) is 6.26 Å². The van der Waals surface area contributed by atoms with Crippen LogP contribution in [0.3, 0.4) is 0 Å². The minimum atomic E-state index is 0.494. The lowest BCUT2D eigenvalue weighted by Gasteiger charge is -1.98. The topological polar surface area (TPSA) is 52.7 Å². The van der Waals surface area contributed by atoms with Crippen molar-refractivity contribution in [2.45, 2.75) is 5.16 Å². The minimum Gasteiger partial charge on any atom is -0.594 e. The quantitative estimate of drug-likeness (QED) is 0.385. The molecular weight excluding hydrogens is 186 g/mol. The number of aromatic nitrogens is 3. The van der Waals surface area contributed by atoms with Crippen LogP contribution in [-0.4, -0.2) is 16.3 Å². The zero-order chi connectivity index (χ0) is 9.26. The molecule has 0 unspecified atom stereocenters. The number of para-hydroxylation sites is 2. The molecule has 0 bridgehead atoms. The predicted molar refractivity (Wildman–Crippen MR) is 50.3 cm³/mol. The molecule has 0 amide bonds.